The number of benzene rings is 2. The van der Waals surface area contributed by atoms with Gasteiger partial charge in [-0.2, -0.15) is 0 Å². The average molecular weight is 375 g/mol. The number of aromatic nitrogens is 1. The first kappa shape index (κ1) is 19.1. The number of nitrogens with one attached hydrogen (secondary N) is 2. The zero-order valence-electron chi connectivity index (χ0n) is 15.7. The number of carbonyl (C=O) groups is 2. The van der Waals surface area contributed by atoms with Crippen molar-refractivity contribution in [1.29, 1.82) is 0 Å². The average Bonchev–Trinajstić information content (AvgIpc) is 2.70. The van der Waals surface area contributed by atoms with Gasteiger partial charge in [0.05, 0.1) is 17.7 Å². The first-order valence-electron chi connectivity index (χ1n) is 8.92. The molecule has 1 aromatic heterocycles. The summed E-state index contributed by atoms with van der Waals surface area (Å²) >= 11 is 0. The van der Waals surface area contributed by atoms with Gasteiger partial charge in [-0.1, -0.05) is 12.1 Å². The van der Waals surface area contributed by atoms with E-state index in [4.69, 9.17) is 4.74 Å². The first-order chi connectivity index (χ1) is 13.5. The molecule has 0 fully saturated rings. The number of pyridine rings is 1. The van der Waals surface area contributed by atoms with Crippen LogP contribution in [0.5, 0.6) is 5.75 Å². The van der Waals surface area contributed by atoms with Crippen LogP contribution in [-0.4, -0.2) is 23.4 Å². The third-order valence-corrected chi connectivity index (χ3v) is 3.96. The van der Waals surface area contributed by atoms with Crippen molar-refractivity contribution in [2.75, 3.05) is 17.2 Å². The van der Waals surface area contributed by atoms with Crippen molar-refractivity contribution in [2.45, 2.75) is 13.8 Å². The highest BCUT2D eigenvalue weighted by molar-refractivity contribution is 6.08. The van der Waals surface area contributed by atoms with Crippen LogP contribution in [0.2, 0.25) is 0 Å². The summed E-state index contributed by atoms with van der Waals surface area (Å²) in [7, 11) is 0. The Labute approximate surface area is 163 Å². The van der Waals surface area contributed by atoms with E-state index in [1.807, 2.05) is 32.0 Å². The minimum Gasteiger partial charge on any atom is -0.494 e. The fourth-order valence-corrected chi connectivity index (χ4v) is 2.62. The molecule has 0 spiro atoms. The summed E-state index contributed by atoms with van der Waals surface area (Å²) in [5.74, 6) is 0.0627. The summed E-state index contributed by atoms with van der Waals surface area (Å²) in [5, 5.41) is 5.59. The van der Waals surface area contributed by atoms with Gasteiger partial charge < -0.3 is 15.4 Å². The molecule has 0 atom stereocenters. The van der Waals surface area contributed by atoms with Gasteiger partial charge in [0, 0.05) is 23.8 Å². The minimum atomic E-state index is -0.345. The molecular weight excluding hydrogens is 354 g/mol. The predicted molar refractivity (Wildman–Crippen MR) is 109 cm³/mol. The molecule has 0 radical (unpaired) electrons. The van der Waals surface area contributed by atoms with Crippen molar-refractivity contribution in [3.8, 4) is 5.75 Å². The lowest BCUT2D eigenvalue weighted by Crippen LogP contribution is -2.16. The Morgan fingerprint density at radius 3 is 2.14 bits per heavy atom. The molecule has 0 bridgehead atoms. The monoisotopic (exact) mass is 375 g/mol. The molecule has 0 aliphatic rings. The van der Waals surface area contributed by atoms with E-state index in [1.165, 1.54) is 18.5 Å². The van der Waals surface area contributed by atoms with E-state index in [9.17, 15) is 9.59 Å². The lowest BCUT2D eigenvalue weighted by Gasteiger charge is -2.09. The molecule has 28 heavy (non-hydrogen) atoms. The van der Waals surface area contributed by atoms with Crippen molar-refractivity contribution < 1.29 is 14.3 Å². The maximum atomic E-state index is 12.5. The number of anilines is 2. The summed E-state index contributed by atoms with van der Waals surface area (Å²) in [4.78, 5) is 29.0. The molecule has 6 heteroatoms. The maximum absolute atomic E-state index is 12.5. The van der Waals surface area contributed by atoms with Crippen LogP contribution in [0.25, 0.3) is 0 Å². The highest BCUT2D eigenvalue weighted by Crippen LogP contribution is 2.17. The lowest BCUT2D eigenvalue weighted by atomic mass is 10.1. The number of nitrogens with zero attached hydrogens (tertiary/aromatic N) is 1. The highest BCUT2D eigenvalue weighted by atomic mass is 16.5. The summed E-state index contributed by atoms with van der Waals surface area (Å²) in [5.41, 5.74) is 2.96. The molecule has 142 valence electrons. The first-order valence-corrected chi connectivity index (χ1v) is 8.92. The number of hydrogen-bond acceptors (Lipinski definition) is 4. The normalized spacial score (nSPS) is 10.2. The number of rotatable bonds is 6. The third kappa shape index (κ3) is 4.94. The summed E-state index contributed by atoms with van der Waals surface area (Å²) in [6, 6.07) is 16.1. The van der Waals surface area contributed by atoms with E-state index in [0.29, 0.717) is 29.1 Å². The predicted octanol–water partition coefficient (Wildman–Crippen LogP) is 4.29. The van der Waals surface area contributed by atoms with Gasteiger partial charge in [-0.05, 0) is 61.9 Å². The van der Waals surface area contributed by atoms with Crippen LogP contribution in [0, 0.1) is 6.92 Å². The van der Waals surface area contributed by atoms with Gasteiger partial charge in [-0.25, -0.2) is 0 Å². The van der Waals surface area contributed by atoms with Crippen LogP contribution in [0.1, 0.15) is 33.2 Å². The fraction of sp³-hybridized carbons (Fsp3) is 0.136. The Morgan fingerprint density at radius 2 is 1.54 bits per heavy atom. The van der Waals surface area contributed by atoms with Gasteiger partial charge in [0.25, 0.3) is 11.8 Å². The van der Waals surface area contributed by atoms with E-state index in [0.717, 1.165) is 11.3 Å². The van der Waals surface area contributed by atoms with Gasteiger partial charge in [0.1, 0.15) is 5.75 Å². The third-order valence-electron chi connectivity index (χ3n) is 3.96. The number of ether oxygens (including phenoxy) is 1. The summed E-state index contributed by atoms with van der Waals surface area (Å²) in [6.07, 6.45) is 2.85. The number of aryl methyl sites for hydroxylation is 1. The molecule has 2 amide bonds. The molecule has 0 saturated carbocycles. The quantitative estimate of drug-likeness (QED) is 0.673. The van der Waals surface area contributed by atoms with Crippen LogP contribution < -0.4 is 15.4 Å². The lowest BCUT2D eigenvalue weighted by molar-refractivity contribution is 0.102. The largest absolute Gasteiger partial charge is 0.494 e. The Kier molecular flexibility index (Phi) is 6.01. The van der Waals surface area contributed by atoms with Crippen molar-refractivity contribution in [1.82, 2.24) is 4.98 Å². The van der Waals surface area contributed by atoms with E-state index in [-0.39, 0.29) is 11.8 Å². The Morgan fingerprint density at radius 1 is 0.893 bits per heavy atom. The topological polar surface area (TPSA) is 80.3 Å². The van der Waals surface area contributed by atoms with E-state index in [1.54, 1.807) is 30.3 Å². The minimum absolute atomic E-state index is 0.297. The molecule has 0 aliphatic heterocycles. The van der Waals surface area contributed by atoms with Crippen molar-refractivity contribution >= 4 is 23.2 Å². The number of hydrogen-bond donors (Lipinski definition) is 2. The van der Waals surface area contributed by atoms with E-state index in [2.05, 4.69) is 15.6 Å². The van der Waals surface area contributed by atoms with Gasteiger partial charge >= 0.3 is 0 Å². The molecule has 3 aromatic rings. The fourth-order valence-electron chi connectivity index (χ4n) is 2.62. The standard InChI is InChI=1S/C22H21N3O3/c1-3-28-20-9-7-18(8-10-20)24-21(26)16-12-17(14-23-13-16)22(27)25-19-6-4-5-15(2)11-19/h4-14H,3H2,1-2H3,(H,24,26)(H,25,27). The van der Waals surface area contributed by atoms with Gasteiger partial charge in [0.15, 0.2) is 0 Å². The van der Waals surface area contributed by atoms with Crippen molar-refractivity contribution in [2.24, 2.45) is 0 Å². The Hall–Kier alpha value is -3.67. The number of amides is 2. The van der Waals surface area contributed by atoms with Crippen LogP contribution in [0.4, 0.5) is 11.4 Å². The molecule has 3 rings (SSSR count). The van der Waals surface area contributed by atoms with Gasteiger partial charge in [-0.15, -0.1) is 0 Å². The number of carbonyl (C=O) groups excluding carboxylic acids is 2. The van der Waals surface area contributed by atoms with Crippen molar-refractivity contribution in [3.05, 3.63) is 83.7 Å². The van der Waals surface area contributed by atoms with E-state index < -0.39 is 0 Å². The maximum Gasteiger partial charge on any atom is 0.257 e. The Bertz CT molecular complexity index is 984. The molecule has 2 N–H and O–H groups in total. The van der Waals surface area contributed by atoms with E-state index >= 15 is 0 Å². The molecule has 0 saturated heterocycles. The zero-order chi connectivity index (χ0) is 19.9. The molecule has 6 nitrogen and oxygen atoms in total. The second kappa shape index (κ2) is 8.81. The van der Waals surface area contributed by atoms with Gasteiger partial charge in [0.2, 0.25) is 0 Å². The Balaban J connectivity index is 1.69. The molecule has 0 unspecified atom stereocenters. The second-order valence-corrected chi connectivity index (χ2v) is 6.20. The van der Waals surface area contributed by atoms with Crippen molar-refractivity contribution in [3.63, 3.8) is 0 Å². The summed E-state index contributed by atoms with van der Waals surface area (Å²) < 4.78 is 5.38. The molecule has 2 aromatic carbocycles. The van der Waals surface area contributed by atoms with Crippen LogP contribution in [-0.2, 0) is 0 Å². The molecule has 1 heterocycles. The molecular formula is C22H21N3O3. The second-order valence-electron chi connectivity index (χ2n) is 6.20. The molecule has 0 aliphatic carbocycles. The highest BCUT2D eigenvalue weighted by Gasteiger charge is 2.12. The zero-order valence-corrected chi connectivity index (χ0v) is 15.7. The van der Waals surface area contributed by atoms with Gasteiger partial charge in [-0.3, -0.25) is 14.6 Å². The summed E-state index contributed by atoms with van der Waals surface area (Å²) in [6.45, 7) is 4.43. The van der Waals surface area contributed by atoms with Crippen LogP contribution >= 0.6 is 0 Å². The SMILES string of the molecule is CCOc1ccc(NC(=O)c2cncc(C(=O)Nc3cccc(C)c3)c2)cc1. The van der Waals surface area contributed by atoms with Crippen LogP contribution in [0.3, 0.4) is 0 Å². The smallest absolute Gasteiger partial charge is 0.257 e. The van der Waals surface area contributed by atoms with Crippen LogP contribution in [0.15, 0.2) is 67.0 Å².